The maximum atomic E-state index is 14.3. The van der Waals surface area contributed by atoms with Gasteiger partial charge in [0.1, 0.15) is 19.0 Å². The van der Waals surface area contributed by atoms with Crippen molar-refractivity contribution in [2.75, 3.05) is 91.2 Å². The van der Waals surface area contributed by atoms with Crippen LogP contribution in [0, 0.1) is 23.7 Å². The maximum absolute atomic E-state index is 14.3. The van der Waals surface area contributed by atoms with Crippen LogP contribution in [0.4, 0.5) is 11.4 Å². The third-order valence-corrected chi connectivity index (χ3v) is 18.2. The standard InChI is InChI=1S/C62H84N4O8S2/c1-10-52(64-38-50-34-49-19-14-15-20-55(49)54(50)11-2)29-43(3)72-40-45-30-46(32-53(31-45)66(21-23-70-26-27-71-25-24-68-8)42-62(5,6)76-75-28-16-22-74-63-7)41-73-60-37-58-57(36-59(60)69-9)61(67)44(4)56-35-48-18-13-12-17-47(48)33-51(56)39-65-58/h12-15,17-20,29-32,36-37,39,44,50-51,54,56,63-64H,3,10-11,16,21-28,33-35,38,40-42H2,1-2,4-9H3/b52-29+,65-39?/t44?,50-,51-,54?,56?/m0/s1. The van der Waals surface area contributed by atoms with Gasteiger partial charge in [0, 0.05) is 85.4 Å². The Hall–Kier alpha value is -4.80. The van der Waals surface area contributed by atoms with Gasteiger partial charge in [0.05, 0.1) is 52.4 Å². The molecule has 412 valence electrons. The van der Waals surface area contributed by atoms with Gasteiger partial charge in [0.2, 0.25) is 0 Å². The monoisotopic (exact) mass is 1080 g/mol. The predicted molar refractivity (Wildman–Crippen MR) is 313 cm³/mol. The van der Waals surface area contributed by atoms with Crippen LogP contribution in [0.25, 0.3) is 0 Å². The molecule has 0 aromatic heterocycles. The molecule has 0 fully saturated rings. The lowest BCUT2D eigenvalue weighted by Crippen LogP contribution is -2.38. The number of nitrogens with one attached hydrogen (secondary N) is 2. The second-order valence-electron chi connectivity index (χ2n) is 20.8. The highest BCUT2D eigenvalue weighted by atomic mass is 33.1. The highest BCUT2D eigenvalue weighted by Gasteiger charge is 2.37. The van der Waals surface area contributed by atoms with Crippen LogP contribution >= 0.6 is 21.6 Å². The molecule has 0 saturated heterocycles. The van der Waals surface area contributed by atoms with E-state index in [0.29, 0.717) is 93.1 Å². The molecule has 4 aromatic carbocycles. The average molecular weight is 1080 g/mol. The van der Waals surface area contributed by atoms with Gasteiger partial charge in [0.25, 0.3) is 0 Å². The Bertz CT molecular complexity index is 2570. The normalized spacial score (nSPS) is 19.0. The van der Waals surface area contributed by atoms with Crippen LogP contribution < -0.4 is 25.2 Å². The maximum Gasteiger partial charge on any atom is 0.168 e. The summed E-state index contributed by atoms with van der Waals surface area (Å²) in [5.74, 6) is 3.88. The van der Waals surface area contributed by atoms with Gasteiger partial charge >= 0.3 is 0 Å². The molecule has 0 radical (unpaired) electrons. The van der Waals surface area contributed by atoms with E-state index in [1.54, 1.807) is 21.3 Å². The SMILES string of the molecule is C=C(/C=C(\CC)NC[C@@H]1Cc2ccccc2C1CC)OCc1cc(COc2cc3c(cc2OC)C(=O)C(C)C2Cc4ccccc4C[C@H]2C=N3)cc(N(CCOCCOCCOC)CC(C)(C)SSCCCONC)c1. The molecule has 3 unspecified atom stereocenters. The number of Topliss-reactive ketones (excluding diaryl/α,β-unsaturated/α-hetero) is 1. The molecule has 76 heavy (non-hydrogen) atoms. The first-order valence-electron chi connectivity index (χ1n) is 27.4. The van der Waals surface area contributed by atoms with Gasteiger partial charge in [-0.25, -0.2) is 5.48 Å². The molecular formula is C62H84N4O8S2. The first kappa shape index (κ1) is 58.9. The van der Waals surface area contributed by atoms with Crippen molar-refractivity contribution in [2.45, 2.75) is 97.0 Å². The molecule has 0 spiro atoms. The van der Waals surface area contributed by atoms with Crippen molar-refractivity contribution in [1.82, 2.24) is 10.8 Å². The molecule has 0 saturated carbocycles. The zero-order chi connectivity index (χ0) is 53.9. The van der Waals surface area contributed by atoms with E-state index >= 15 is 0 Å². The first-order valence-corrected chi connectivity index (χ1v) is 29.7. The van der Waals surface area contributed by atoms with Gasteiger partial charge in [-0.2, -0.15) is 0 Å². The van der Waals surface area contributed by atoms with E-state index in [0.717, 1.165) is 79.9 Å². The Kier molecular flexibility index (Phi) is 23.1. The number of allylic oxidation sites excluding steroid dienone is 2. The van der Waals surface area contributed by atoms with Gasteiger partial charge in [0.15, 0.2) is 17.3 Å². The Labute approximate surface area is 461 Å². The summed E-state index contributed by atoms with van der Waals surface area (Å²) < 4.78 is 36.1. The molecule has 3 aliphatic rings. The molecule has 2 aliphatic carbocycles. The fourth-order valence-electron chi connectivity index (χ4n) is 10.9. The molecule has 1 aliphatic heterocycles. The molecule has 0 amide bonds. The zero-order valence-corrected chi connectivity index (χ0v) is 48.1. The van der Waals surface area contributed by atoms with Crippen molar-refractivity contribution in [3.8, 4) is 11.5 Å². The fourth-order valence-corrected chi connectivity index (χ4v) is 13.4. The molecular weight excluding hydrogens is 993 g/mol. The summed E-state index contributed by atoms with van der Waals surface area (Å²) in [6.45, 7) is 21.5. The van der Waals surface area contributed by atoms with Gasteiger partial charge in [-0.1, -0.05) is 97.5 Å². The molecule has 5 atom stereocenters. The Morgan fingerprint density at radius 3 is 2.33 bits per heavy atom. The van der Waals surface area contributed by atoms with Crippen molar-refractivity contribution in [3.05, 3.63) is 142 Å². The van der Waals surface area contributed by atoms with Crippen molar-refractivity contribution in [3.63, 3.8) is 0 Å². The smallest absolute Gasteiger partial charge is 0.168 e. The number of hydrogen-bond acceptors (Lipinski definition) is 14. The fraction of sp³-hybridized carbons (Fsp3) is 0.516. The van der Waals surface area contributed by atoms with Crippen LogP contribution in [0.2, 0.25) is 0 Å². The summed E-state index contributed by atoms with van der Waals surface area (Å²) in [7, 11) is 8.84. The van der Waals surface area contributed by atoms with Gasteiger partial charge in [-0.15, -0.1) is 0 Å². The minimum Gasteiger partial charge on any atom is -0.493 e. The molecule has 2 N–H and O–H groups in total. The topological polar surface area (TPSA) is 121 Å². The highest BCUT2D eigenvalue weighted by Crippen LogP contribution is 2.44. The Morgan fingerprint density at radius 2 is 1.59 bits per heavy atom. The van der Waals surface area contributed by atoms with Crippen LogP contribution in [0.1, 0.15) is 104 Å². The van der Waals surface area contributed by atoms with Crippen LogP contribution in [-0.4, -0.2) is 103 Å². The number of rotatable bonds is 32. The van der Waals surface area contributed by atoms with E-state index in [1.807, 2.05) is 33.7 Å². The van der Waals surface area contributed by atoms with Gasteiger partial charge in [-0.3, -0.25) is 9.79 Å². The van der Waals surface area contributed by atoms with Crippen LogP contribution in [-0.2, 0) is 56.3 Å². The summed E-state index contributed by atoms with van der Waals surface area (Å²) in [6.07, 6.45) is 9.84. The Morgan fingerprint density at radius 1 is 0.868 bits per heavy atom. The Balaban J connectivity index is 1.13. The van der Waals surface area contributed by atoms with Crippen molar-refractivity contribution >= 4 is 45.0 Å². The van der Waals surface area contributed by atoms with E-state index < -0.39 is 0 Å². The molecule has 0 bridgehead atoms. The summed E-state index contributed by atoms with van der Waals surface area (Å²) >= 11 is 0. The number of fused-ring (bicyclic) bond motifs is 4. The number of anilines is 1. The summed E-state index contributed by atoms with van der Waals surface area (Å²) in [5.41, 5.74) is 13.6. The van der Waals surface area contributed by atoms with Crippen LogP contribution in [0.15, 0.2) is 108 Å². The largest absolute Gasteiger partial charge is 0.493 e. The predicted octanol–water partition coefficient (Wildman–Crippen LogP) is 12.3. The lowest BCUT2D eigenvalue weighted by atomic mass is 9.69. The van der Waals surface area contributed by atoms with Crippen LogP contribution in [0.3, 0.4) is 0 Å². The van der Waals surface area contributed by atoms with Gasteiger partial charge < -0.3 is 43.5 Å². The van der Waals surface area contributed by atoms with E-state index in [9.17, 15) is 4.79 Å². The van der Waals surface area contributed by atoms with Gasteiger partial charge in [-0.05, 0) is 134 Å². The number of aliphatic imine (C=N–C) groups is 1. The van der Waals surface area contributed by atoms with Crippen LogP contribution in [0.5, 0.6) is 11.5 Å². The number of carbonyl (C=O) groups excluding carboxylic acids is 1. The van der Waals surface area contributed by atoms with Crippen molar-refractivity contribution in [2.24, 2.45) is 28.7 Å². The van der Waals surface area contributed by atoms with E-state index in [1.165, 1.54) is 22.3 Å². The molecule has 7 rings (SSSR count). The number of benzene rings is 4. The number of ketones is 1. The number of hydroxylamine groups is 1. The first-order chi connectivity index (χ1) is 36.9. The minimum absolute atomic E-state index is 0.0802. The summed E-state index contributed by atoms with van der Waals surface area (Å²) in [6, 6.07) is 27.7. The second-order valence-corrected chi connectivity index (χ2v) is 23.9. The molecule has 12 nitrogen and oxygen atoms in total. The third-order valence-electron chi connectivity index (χ3n) is 14.8. The lowest BCUT2D eigenvalue weighted by Gasteiger charge is -2.35. The lowest BCUT2D eigenvalue weighted by molar-refractivity contribution is 0.0264. The number of methoxy groups -OCH3 is 2. The summed E-state index contributed by atoms with van der Waals surface area (Å²) in [5, 5.41) is 3.77. The third kappa shape index (κ3) is 16.6. The van der Waals surface area contributed by atoms with E-state index in [4.69, 9.17) is 38.3 Å². The second kappa shape index (κ2) is 29.8. The highest BCUT2D eigenvalue weighted by molar-refractivity contribution is 8.77. The minimum atomic E-state index is -0.188. The zero-order valence-electron chi connectivity index (χ0n) is 46.5. The number of nitrogens with zero attached hydrogens (tertiary/aromatic N) is 2. The molecule has 14 heteroatoms. The van der Waals surface area contributed by atoms with Crippen molar-refractivity contribution in [1.29, 1.82) is 0 Å². The number of carbonyl (C=O) groups is 1. The van der Waals surface area contributed by atoms with Crippen molar-refractivity contribution < 1.29 is 38.1 Å². The number of ether oxygens (including phenoxy) is 6. The van der Waals surface area contributed by atoms with E-state index in [2.05, 4.69) is 136 Å². The number of hydrogen-bond donors (Lipinski definition) is 2. The average Bonchev–Trinajstić information content (AvgIpc) is 3.84. The summed E-state index contributed by atoms with van der Waals surface area (Å²) in [4.78, 5) is 27.1. The molecule has 1 heterocycles. The molecule has 4 aromatic rings. The van der Waals surface area contributed by atoms with E-state index in [-0.39, 0.29) is 34.9 Å². The quantitative estimate of drug-likeness (QED) is 0.0159.